The minimum atomic E-state index is -4.44. The second-order valence-corrected chi connectivity index (χ2v) is 9.00. The monoisotopic (exact) mass is 520 g/mol. The molecule has 6 nitrogen and oxygen atoms in total. The highest BCUT2D eigenvalue weighted by Crippen LogP contribution is 2.33. The third-order valence-electron chi connectivity index (χ3n) is 6.54. The number of carbonyl (C=O) groups excluding carboxylic acids is 1. The van der Waals surface area contributed by atoms with Gasteiger partial charge >= 0.3 is 6.18 Å². The smallest absolute Gasteiger partial charge is 0.416 e. The fourth-order valence-corrected chi connectivity index (χ4v) is 4.59. The van der Waals surface area contributed by atoms with Crippen LogP contribution in [0.3, 0.4) is 0 Å². The van der Waals surface area contributed by atoms with Crippen molar-refractivity contribution in [1.29, 1.82) is 0 Å². The Morgan fingerprint density at radius 3 is 2.45 bits per heavy atom. The Kier molecular flexibility index (Phi) is 7.09. The number of hydrogen-bond donors (Lipinski definition) is 1. The van der Waals surface area contributed by atoms with E-state index in [0.29, 0.717) is 42.0 Å². The van der Waals surface area contributed by atoms with Gasteiger partial charge in [0, 0.05) is 60.4 Å². The summed E-state index contributed by atoms with van der Waals surface area (Å²) in [6.45, 7) is 5.22. The van der Waals surface area contributed by atoms with Gasteiger partial charge in [-0.3, -0.25) is 9.78 Å². The summed E-state index contributed by atoms with van der Waals surface area (Å²) in [7, 11) is 0. The zero-order chi connectivity index (χ0) is 26.7. The highest BCUT2D eigenvalue weighted by molar-refractivity contribution is 5.97. The quantitative estimate of drug-likeness (QED) is 0.321. The Morgan fingerprint density at radius 2 is 1.74 bits per heavy atom. The number of piperazine rings is 1. The third kappa shape index (κ3) is 5.51. The average molecular weight is 521 g/mol. The van der Waals surface area contributed by atoms with Gasteiger partial charge in [-0.15, -0.1) is 0 Å². The lowest BCUT2D eigenvalue weighted by Crippen LogP contribution is -2.48. The van der Waals surface area contributed by atoms with Gasteiger partial charge < -0.3 is 19.9 Å². The van der Waals surface area contributed by atoms with E-state index in [1.807, 2.05) is 42.2 Å². The van der Waals surface area contributed by atoms with Crippen LogP contribution in [-0.2, 0) is 6.18 Å². The fraction of sp³-hybridized carbons (Fsp3) is 0.241. The zero-order valence-corrected chi connectivity index (χ0v) is 20.8. The Bertz CT molecular complexity index is 1430. The summed E-state index contributed by atoms with van der Waals surface area (Å²) in [5, 5.41) is 3.79. The molecule has 0 aliphatic carbocycles. The van der Waals surface area contributed by atoms with E-state index in [0.717, 1.165) is 36.7 Å². The van der Waals surface area contributed by atoms with Crippen molar-refractivity contribution >= 4 is 33.9 Å². The van der Waals surface area contributed by atoms with E-state index < -0.39 is 11.7 Å². The van der Waals surface area contributed by atoms with Gasteiger partial charge in [0.05, 0.1) is 17.7 Å². The second kappa shape index (κ2) is 10.6. The summed E-state index contributed by atoms with van der Waals surface area (Å²) < 4.78 is 44.8. The first-order chi connectivity index (χ1) is 18.3. The second-order valence-electron chi connectivity index (χ2n) is 9.00. The molecule has 1 fully saturated rings. The van der Waals surface area contributed by atoms with Crippen LogP contribution in [0.4, 0.5) is 30.2 Å². The van der Waals surface area contributed by atoms with E-state index in [1.165, 1.54) is 12.3 Å². The minimum Gasteiger partial charge on any atom is -0.494 e. The van der Waals surface area contributed by atoms with Crippen molar-refractivity contribution in [1.82, 2.24) is 9.88 Å². The molecule has 0 unspecified atom stereocenters. The molecule has 2 heterocycles. The van der Waals surface area contributed by atoms with Crippen molar-refractivity contribution < 1.29 is 22.7 Å². The zero-order valence-electron chi connectivity index (χ0n) is 20.8. The molecule has 4 aromatic rings. The molecule has 1 aromatic heterocycles. The van der Waals surface area contributed by atoms with Crippen LogP contribution in [-0.4, -0.2) is 48.6 Å². The number of carbonyl (C=O) groups is 1. The highest BCUT2D eigenvalue weighted by atomic mass is 19.4. The molecule has 0 atom stereocenters. The molecule has 38 heavy (non-hydrogen) atoms. The third-order valence-corrected chi connectivity index (χ3v) is 6.54. The van der Waals surface area contributed by atoms with Crippen LogP contribution in [0.1, 0.15) is 22.8 Å². The SMILES string of the molecule is CCOc1ccc(N2CCN(C(=O)c3cccc(Nc4ccnc5cc(C(F)(F)F)ccc45)c3)CC2)cc1. The summed E-state index contributed by atoms with van der Waals surface area (Å²) in [6, 6.07) is 20.3. The average Bonchev–Trinajstić information content (AvgIpc) is 2.93. The number of fused-ring (bicyclic) bond motifs is 1. The van der Waals surface area contributed by atoms with Crippen molar-refractivity contribution in [3.05, 3.63) is 90.1 Å². The highest BCUT2D eigenvalue weighted by Gasteiger charge is 2.30. The van der Waals surface area contributed by atoms with Crippen LogP contribution < -0.4 is 15.0 Å². The van der Waals surface area contributed by atoms with Gasteiger partial charge in [-0.1, -0.05) is 12.1 Å². The Hall–Kier alpha value is -4.27. The van der Waals surface area contributed by atoms with Gasteiger partial charge in [-0.25, -0.2) is 0 Å². The van der Waals surface area contributed by atoms with Gasteiger partial charge in [0.1, 0.15) is 5.75 Å². The summed E-state index contributed by atoms with van der Waals surface area (Å²) in [5.41, 5.74) is 2.40. The summed E-state index contributed by atoms with van der Waals surface area (Å²) in [5.74, 6) is 0.777. The molecular weight excluding hydrogens is 493 g/mol. The number of rotatable bonds is 6. The number of ether oxygens (including phenoxy) is 1. The van der Waals surface area contributed by atoms with E-state index in [1.54, 1.807) is 24.3 Å². The van der Waals surface area contributed by atoms with Crippen LogP contribution in [0, 0.1) is 0 Å². The number of nitrogens with one attached hydrogen (secondary N) is 1. The standard InChI is InChI=1S/C29H27F3N4O2/c1-2-38-24-9-7-23(8-10-24)35-14-16-36(17-15-35)28(37)20-4-3-5-22(18-20)34-26-12-13-33-27-19-21(29(30,31)32)6-11-25(26)27/h3-13,18-19H,2,14-17H2,1H3,(H,33,34). The van der Waals surface area contributed by atoms with Crippen LogP contribution in [0.5, 0.6) is 5.75 Å². The maximum atomic E-state index is 13.3. The number of pyridine rings is 1. The van der Waals surface area contributed by atoms with Crippen LogP contribution in [0.15, 0.2) is 79.0 Å². The molecule has 1 amide bonds. The van der Waals surface area contributed by atoms with Crippen molar-refractivity contribution in [3.8, 4) is 5.75 Å². The number of nitrogens with zero attached hydrogens (tertiary/aromatic N) is 3. The molecule has 196 valence electrons. The summed E-state index contributed by atoms with van der Waals surface area (Å²) in [4.78, 5) is 21.4. The molecule has 1 N–H and O–H groups in total. The molecule has 5 rings (SSSR count). The molecule has 1 saturated heterocycles. The van der Waals surface area contributed by atoms with Gasteiger partial charge in [0.25, 0.3) is 5.91 Å². The van der Waals surface area contributed by atoms with Crippen LogP contribution in [0.25, 0.3) is 10.9 Å². The van der Waals surface area contributed by atoms with E-state index in [-0.39, 0.29) is 11.4 Å². The van der Waals surface area contributed by atoms with E-state index in [2.05, 4.69) is 15.2 Å². The first-order valence-corrected chi connectivity index (χ1v) is 12.4. The number of halogens is 3. The number of aromatic nitrogens is 1. The minimum absolute atomic E-state index is 0.0607. The molecule has 0 spiro atoms. The van der Waals surface area contributed by atoms with Crippen molar-refractivity contribution in [2.24, 2.45) is 0 Å². The number of amides is 1. The lowest BCUT2D eigenvalue weighted by atomic mass is 10.1. The number of anilines is 3. The summed E-state index contributed by atoms with van der Waals surface area (Å²) in [6.07, 6.45) is -2.97. The topological polar surface area (TPSA) is 57.7 Å². The molecule has 1 aliphatic heterocycles. The van der Waals surface area contributed by atoms with Gasteiger partial charge in [0.15, 0.2) is 0 Å². The lowest BCUT2D eigenvalue weighted by molar-refractivity contribution is -0.137. The summed E-state index contributed by atoms with van der Waals surface area (Å²) >= 11 is 0. The maximum Gasteiger partial charge on any atom is 0.416 e. The Labute approximate surface area is 218 Å². The number of benzene rings is 3. The molecule has 1 aliphatic rings. The van der Waals surface area contributed by atoms with E-state index in [9.17, 15) is 18.0 Å². The van der Waals surface area contributed by atoms with E-state index in [4.69, 9.17) is 4.74 Å². The van der Waals surface area contributed by atoms with Crippen molar-refractivity contribution in [2.45, 2.75) is 13.1 Å². The van der Waals surface area contributed by atoms with Crippen molar-refractivity contribution in [3.63, 3.8) is 0 Å². The molecule has 9 heteroatoms. The molecule has 0 bridgehead atoms. The van der Waals surface area contributed by atoms with Gasteiger partial charge in [-0.05, 0) is 67.6 Å². The predicted molar refractivity (Wildman–Crippen MR) is 142 cm³/mol. The molecule has 3 aromatic carbocycles. The molecular formula is C29H27F3N4O2. The van der Waals surface area contributed by atoms with Crippen LogP contribution in [0.2, 0.25) is 0 Å². The largest absolute Gasteiger partial charge is 0.494 e. The Morgan fingerprint density at radius 1 is 0.974 bits per heavy atom. The first kappa shape index (κ1) is 25.4. The molecule has 0 radical (unpaired) electrons. The van der Waals surface area contributed by atoms with Crippen LogP contribution >= 0.6 is 0 Å². The van der Waals surface area contributed by atoms with Crippen molar-refractivity contribution in [2.75, 3.05) is 43.0 Å². The normalized spacial score (nSPS) is 14.0. The fourth-order valence-electron chi connectivity index (χ4n) is 4.59. The Balaban J connectivity index is 1.26. The number of hydrogen-bond acceptors (Lipinski definition) is 5. The van der Waals surface area contributed by atoms with Gasteiger partial charge in [-0.2, -0.15) is 13.2 Å². The van der Waals surface area contributed by atoms with E-state index >= 15 is 0 Å². The van der Waals surface area contributed by atoms with Gasteiger partial charge in [0.2, 0.25) is 0 Å². The lowest BCUT2D eigenvalue weighted by Gasteiger charge is -2.36. The predicted octanol–water partition coefficient (Wildman–Crippen LogP) is 6.36. The first-order valence-electron chi connectivity index (χ1n) is 12.4. The number of alkyl halides is 3. The molecule has 0 saturated carbocycles. The maximum absolute atomic E-state index is 13.3.